The van der Waals surface area contributed by atoms with E-state index in [4.69, 9.17) is 14.9 Å². The van der Waals surface area contributed by atoms with Crippen LogP contribution in [-0.4, -0.2) is 12.1 Å². The van der Waals surface area contributed by atoms with Gasteiger partial charge in [-0.15, -0.1) is 0 Å². The highest BCUT2D eigenvalue weighted by Crippen LogP contribution is 2.10. The highest BCUT2D eigenvalue weighted by atomic mass is 16.5. The summed E-state index contributed by atoms with van der Waals surface area (Å²) in [6.07, 6.45) is 1.62. The lowest BCUT2D eigenvalue weighted by molar-refractivity contribution is 0.157. The number of hydrogen-bond donors (Lipinski definition) is 1. The summed E-state index contributed by atoms with van der Waals surface area (Å²) >= 11 is 0. The van der Waals surface area contributed by atoms with Crippen molar-refractivity contribution in [1.29, 1.82) is 0 Å². The van der Waals surface area contributed by atoms with Crippen molar-refractivity contribution in [2.24, 2.45) is 5.73 Å². The molecule has 0 saturated heterocycles. The molecule has 1 aromatic rings. The van der Waals surface area contributed by atoms with Gasteiger partial charge in [0.1, 0.15) is 12.4 Å². The maximum absolute atomic E-state index is 5.55. The summed E-state index contributed by atoms with van der Waals surface area (Å²) in [6.45, 7) is 2.24. The van der Waals surface area contributed by atoms with Gasteiger partial charge in [0.05, 0.1) is 12.2 Å². The van der Waals surface area contributed by atoms with Crippen LogP contribution in [0.15, 0.2) is 10.6 Å². The second kappa shape index (κ2) is 3.50. The molecule has 0 amide bonds. The first kappa shape index (κ1) is 8.23. The minimum atomic E-state index is -0.104. The van der Waals surface area contributed by atoms with Crippen LogP contribution in [0.4, 0.5) is 0 Å². The molecule has 2 N–H and O–H groups in total. The zero-order chi connectivity index (χ0) is 8.27. The zero-order valence-electron chi connectivity index (χ0n) is 6.70. The Labute approximate surface area is 65.4 Å². The van der Waals surface area contributed by atoms with E-state index in [1.807, 2.05) is 6.92 Å². The van der Waals surface area contributed by atoms with E-state index in [0.717, 1.165) is 0 Å². The second-order valence-electron chi connectivity index (χ2n) is 2.38. The molecular formula is C7H12N2O2. The second-order valence-corrected chi connectivity index (χ2v) is 2.38. The fraction of sp³-hybridized carbons (Fsp3) is 0.571. The lowest BCUT2D eigenvalue weighted by Crippen LogP contribution is -2.02. The first-order valence-corrected chi connectivity index (χ1v) is 3.43. The van der Waals surface area contributed by atoms with Crippen LogP contribution in [0.5, 0.6) is 0 Å². The van der Waals surface area contributed by atoms with E-state index in [-0.39, 0.29) is 6.04 Å². The molecule has 0 aromatic carbocycles. The first-order chi connectivity index (χ1) is 5.24. The van der Waals surface area contributed by atoms with E-state index in [2.05, 4.69) is 4.98 Å². The van der Waals surface area contributed by atoms with Gasteiger partial charge in [-0.3, -0.25) is 0 Å². The molecule has 1 aromatic heterocycles. The smallest absolute Gasteiger partial charge is 0.220 e. The summed E-state index contributed by atoms with van der Waals surface area (Å²) in [6, 6.07) is -0.104. The molecule has 1 rings (SSSR count). The van der Waals surface area contributed by atoms with Gasteiger partial charge >= 0.3 is 0 Å². The van der Waals surface area contributed by atoms with Gasteiger partial charge in [-0.05, 0) is 6.92 Å². The maximum Gasteiger partial charge on any atom is 0.220 e. The van der Waals surface area contributed by atoms with Crippen molar-refractivity contribution >= 4 is 0 Å². The minimum Gasteiger partial charge on any atom is -0.442 e. The van der Waals surface area contributed by atoms with Crippen molar-refractivity contribution in [3.05, 3.63) is 17.8 Å². The van der Waals surface area contributed by atoms with Crippen LogP contribution in [0.2, 0.25) is 0 Å². The lowest BCUT2D eigenvalue weighted by atomic mass is 10.3. The van der Waals surface area contributed by atoms with Gasteiger partial charge in [0.25, 0.3) is 0 Å². The number of aromatic nitrogens is 1. The molecule has 0 unspecified atom stereocenters. The Kier molecular flexibility index (Phi) is 2.62. The van der Waals surface area contributed by atoms with Crippen LogP contribution in [0, 0.1) is 0 Å². The quantitative estimate of drug-likeness (QED) is 0.704. The molecule has 1 atom stereocenters. The van der Waals surface area contributed by atoms with Crippen molar-refractivity contribution in [2.45, 2.75) is 19.6 Å². The number of ether oxygens (including phenoxy) is 1. The molecule has 11 heavy (non-hydrogen) atoms. The average molecular weight is 156 g/mol. The SMILES string of the molecule is COCc1ncc([C@H](C)N)o1. The molecular weight excluding hydrogens is 144 g/mol. The van der Waals surface area contributed by atoms with E-state index < -0.39 is 0 Å². The van der Waals surface area contributed by atoms with Gasteiger partial charge in [0, 0.05) is 7.11 Å². The number of rotatable bonds is 3. The molecule has 0 fully saturated rings. The maximum atomic E-state index is 5.55. The summed E-state index contributed by atoms with van der Waals surface area (Å²) < 4.78 is 10.0. The molecule has 1 heterocycles. The third kappa shape index (κ3) is 2.03. The molecule has 4 heteroatoms. The summed E-state index contributed by atoms with van der Waals surface area (Å²) in [5, 5.41) is 0. The van der Waals surface area contributed by atoms with Crippen molar-refractivity contribution in [3.63, 3.8) is 0 Å². The van der Waals surface area contributed by atoms with E-state index >= 15 is 0 Å². The van der Waals surface area contributed by atoms with Gasteiger partial charge in [0.15, 0.2) is 0 Å². The Morgan fingerprint density at radius 1 is 1.82 bits per heavy atom. The van der Waals surface area contributed by atoms with Crippen molar-refractivity contribution in [1.82, 2.24) is 4.98 Å². The van der Waals surface area contributed by atoms with Gasteiger partial charge in [0.2, 0.25) is 5.89 Å². The number of nitrogens with two attached hydrogens (primary N) is 1. The van der Waals surface area contributed by atoms with E-state index in [1.54, 1.807) is 13.3 Å². The Balaban J connectivity index is 2.66. The predicted octanol–water partition coefficient (Wildman–Crippen LogP) is 0.841. The fourth-order valence-electron chi connectivity index (χ4n) is 0.725. The molecule has 0 spiro atoms. The Morgan fingerprint density at radius 2 is 2.55 bits per heavy atom. The van der Waals surface area contributed by atoms with Crippen LogP contribution in [0.25, 0.3) is 0 Å². The number of nitrogens with zero attached hydrogens (tertiary/aromatic N) is 1. The van der Waals surface area contributed by atoms with Crippen LogP contribution in [-0.2, 0) is 11.3 Å². The number of oxazole rings is 1. The average Bonchev–Trinajstić information content (AvgIpc) is 2.37. The summed E-state index contributed by atoms with van der Waals surface area (Å²) in [4.78, 5) is 3.96. The normalized spacial score (nSPS) is 13.4. The molecule has 62 valence electrons. The molecule has 4 nitrogen and oxygen atoms in total. The van der Waals surface area contributed by atoms with Crippen molar-refractivity contribution < 1.29 is 9.15 Å². The van der Waals surface area contributed by atoms with Crippen LogP contribution in [0.1, 0.15) is 24.6 Å². The van der Waals surface area contributed by atoms with Crippen molar-refractivity contribution in [3.8, 4) is 0 Å². The molecule has 0 aliphatic heterocycles. The molecule has 0 aliphatic rings. The number of hydrogen-bond acceptors (Lipinski definition) is 4. The van der Waals surface area contributed by atoms with E-state index in [9.17, 15) is 0 Å². The van der Waals surface area contributed by atoms with Crippen LogP contribution >= 0.6 is 0 Å². The standard InChI is InChI=1S/C7H12N2O2/c1-5(8)6-3-9-7(11-6)4-10-2/h3,5H,4,8H2,1-2H3/t5-/m0/s1. The zero-order valence-corrected chi connectivity index (χ0v) is 6.70. The highest BCUT2D eigenvalue weighted by molar-refractivity contribution is 4.97. The summed E-state index contributed by atoms with van der Waals surface area (Å²) in [5.41, 5.74) is 5.55. The largest absolute Gasteiger partial charge is 0.442 e. The molecule has 0 aliphatic carbocycles. The molecule has 0 radical (unpaired) electrons. The first-order valence-electron chi connectivity index (χ1n) is 3.43. The van der Waals surface area contributed by atoms with Gasteiger partial charge in [-0.25, -0.2) is 4.98 Å². The van der Waals surface area contributed by atoms with Gasteiger partial charge in [-0.2, -0.15) is 0 Å². The topological polar surface area (TPSA) is 61.3 Å². The summed E-state index contributed by atoms with van der Waals surface area (Å²) in [5.74, 6) is 1.26. The lowest BCUT2D eigenvalue weighted by Gasteiger charge is -1.96. The Hall–Kier alpha value is -0.870. The monoisotopic (exact) mass is 156 g/mol. The molecule has 0 saturated carbocycles. The van der Waals surface area contributed by atoms with Crippen LogP contribution < -0.4 is 5.73 Å². The predicted molar refractivity (Wildman–Crippen MR) is 39.8 cm³/mol. The summed E-state index contributed by atoms with van der Waals surface area (Å²) in [7, 11) is 1.59. The van der Waals surface area contributed by atoms with Crippen LogP contribution in [0.3, 0.4) is 0 Å². The third-order valence-electron chi connectivity index (χ3n) is 1.29. The third-order valence-corrected chi connectivity index (χ3v) is 1.29. The van der Waals surface area contributed by atoms with Gasteiger partial charge in [-0.1, -0.05) is 0 Å². The van der Waals surface area contributed by atoms with Gasteiger partial charge < -0.3 is 14.9 Å². The van der Waals surface area contributed by atoms with E-state index in [1.165, 1.54) is 0 Å². The molecule has 0 bridgehead atoms. The van der Waals surface area contributed by atoms with Crippen molar-refractivity contribution in [2.75, 3.05) is 7.11 Å². The highest BCUT2D eigenvalue weighted by Gasteiger charge is 2.06. The fourth-order valence-corrected chi connectivity index (χ4v) is 0.725. The Morgan fingerprint density at radius 3 is 3.00 bits per heavy atom. The van der Waals surface area contributed by atoms with E-state index in [0.29, 0.717) is 18.3 Å². The Bertz CT molecular complexity index is 220. The number of methoxy groups -OCH3 is 1. The minimum absolute atomic E-state index is 0.104.